The van der Waals surface area contributed by atoms with Crippen LogP contribution in [-0.4, -0.2) is 51.7 Å². The first-order chi connectivity index (χ1) is 16.4. The molecule has 2 amide bonds. The number of hydrogen-bond donors (Lipinski definition) is 4. The van der Waals surface area contributed by atoms with Gasteiger partial charge in [0.05, 0.1) is 12.7 Å². The van der Waals surface area contributed by atoms with Gasteiger partial charge in [-0.3, -0.25) is 9.59 Å². The minimum Gasteiger partial charge on any atom is -0.481 e. The fourth-order valence-corrected chi connectivity index (χ4v) is 4.26. The first-order valence-corrected chi connectivity index (χ1v) is 11.0. The van der Waals surface area contributed by atoms with Crippen LogP contribution in [0.15, 0.2) is 61.1 Å². The summed E-state index contributed by atoms with van der Waals surface area (Å²) in [7, 11) is 0. The molecule has 3 aromatic rings. The van der Waals surface area contributed by atoms with E-state index >= 15 is 0 Å². The first-order valence-electron chi connectivity index (χ1n) is 11.0. The molecule has 2 aromatic carbocycles. The van der Waals surface area contributed by atoms with Gasteiger partial charge in [0.15, 0.2) is 0 Å². The van der Waals surface area contributed by atoms with Crippen LogP contribution in [0.4, 0.5) is 4.79 Å². The fraction of sp³-hybridized carbons (Fsp3) is 0.280. The Labute approximate surface area is 196 Å². The van der Waals surface area contributed by atoms with Crippen molar-refractivity contribution in [3.63, 3.8) is 0 Å². The number of nitrogens with one attached hydrogen (secondary N) is 3. The Morgan fingerprint density at radius 2 is 1.71 bits per heavy atom. The van der Waals surface area contributed by atoms with Crippen LogP contribution in [0, 0.1) is 0 Å². The van der Waals surface area contributed by atoms with Crippen molar-refractivity contribution in [2.45, 2.75) is 37.8 Å². The number of hydrogen-bond acceptors (Lipinski definition) is 5. The normalized spacial score (nSPS) is 13.9. The predicted molar refractivity (Wildman–Crippen MR) is 124 cm³/mol. The molecule has 1 aliphatic rings. The number of fused-ring (bicyclic) bond motifs is 3. The molecule has 1 aromatic heterocycles. The van der Waals surface area contributed by atoms with Gasteiger partial charge in [-0.05, 0) is 29.2 Å². The molecule has 4 N–H and O–H groups in total. The standard InChI is InChI=1S/C25H26N4O5/c1-15(10-23(30)31)28-24(32)22(11-16-12-26-14-27-16)29-25(33)34-13-21-19-8-4-2-6-17(19)18-7-3-5-9-20(18)21/h2-9,12,14-15,21-22H,10-11,13H2,1H3,(H,26,27)(H,28,32)(H,29,33)(H,30,31)/t15?,22-/m0/s1. The number of H-pyrrole nitrogens is 1. The smallest absolute Gasteiger partial charge is 0.407 e. The Bertz CT molecular complexity index is 1130. The number of carbonyl (C=O) groups excluding carboxylic acids is 2. The molecule has 0 saturated heterocycles. The Morgan fingerprint density at radius 1 is 1.06 bits per heavy atom. The Morgan fingerprint density at radius 3 is 2.29 bits per heavy atom. The van der Waals surface area contributed by atoms with Gasteiger partial charge in [0.25, 0.3) is 0 Å². The van der Waals surface area contributed by atoms with Crippen LogP contribution in [0.1, 0.15) is 36.1 Å². The van der Waals surface area contributed by atoms with Crippen molar-refractivity contribution in [2.24, 2.45) is 0 Å². The fourth-order valence-electron chi connectivity index (χ4n) is 4.26. The van der Waals surface area contributed by atoms with Crippen LogP contribution in [0.5, 0.6) is 0 Å². The topological polar surface area (TPSA) is 133 Å². The zero-order chi connectivity index (χ0) is 24.1. The molecule has 9 nitrogen and oxygen atoms in total. The molecule has 0 spiro atoms. The number of carboxylic acid groups (broad SMARTS) is 1. The lowest BCUT2D eigenvalue weighted by Gasteiger charge is -2.21. The van der Waals surface area contributed by atoms with E-state index in [0.29, 0.717) is 5.69 Å². The van der Waals surface area contributed by atoms with Crippen molar-refractivity contribution in [3.05, 3.63) is 77.9 Å². The number of rotatable bonds is 9. The second-order valence-electron chi connectivity index (χ2n) is 8.31. The Balaban J connectivity index is 1.43. The van der Waals surface area contributed by atoms with E-state index in [-0.39, 0.29) is 25.4 Å². The maximum atomic E-state index is 12.8. The summed E-state index contributed by atoms with van der Waals surface area (Å²) in [6.45, 7) is 1.71. The third-order valence-electron chi connectivity index (χ3n) is 5.80. The molecule has 0 bridgehead atoms. The minimum atomic E-state index is -1.03. The van der Waals surface area contributed by atoms with Gasteiger partial charge in [-0.2, -0.15) is 0 Å². The third-order valence-corrected chi connectivity index (χ3v) is 5.80. The lowest BCUT2D eigenvalue weighted by atomic mass is 9.98. The number of amides is 2. The zero-order valence-electron chi connectivity index (χ0n) is 18.7. The molecule has 1 heterocycles. The number of carboxylic acids is 1. The second-order valence-corrected chi connectivity index (χ2v) is 8.31. The van der Waals surface area contributed by atoms with Gasteiger partial charge >= 0.3 is 12.1 Å². The molecule has 176 valence electrons. The lowest BCUT2D eigenvalue weighted by molar-refractivity contribution is -0.137. The molecule has 9 heteroatoms. The second kappa shape index (κ2) is 10.2. The summed E-state index contributed by atoms with van der Waals surface area (Å²) < 4.78 is 5.56. The van der Waals surface area contributed by atoms with Crippen molar-refractivity contribution in [3.8, 4) is 11.1 Å². The van der Waals surface area contributed by atoms with Crippen LogP contribution in [0.3, 0.4) is 0 Å². The number of nitrogens with zero attached hydrogens (tertiary/aromatic N) is 1. The number of carbonyl (C=O) groups is 3. The maximum Gasteiger partial charge on any atom is 0.407 e. The van der Waals surface area contributed by atoms with Crippen molar-refractivity contribution < 1.29 is 24.2 Å². The average molecular weight is 463 g/mol. The highest BCUT2D eigenvalue weighted by molar-refractivity contribution is 5.86. The molecular weight excluding hydrogens is 436 g/mol. The maximum absolute atomic E-state index is 12.8. The van der Waals surface area contributed by atoms with Gasteiger partial charge in [0.2, 0.25) is 5.91 Å². The van der Waals surface area contributed by atoms with Gasteiger partial charge in [0, 0.05) is 30.3 Å². The SMILES string of the molecule is CC(CC(=O)O)NC(=O)[C@H](Cc1cnc[nH]1)NC(=O)OCC1c2ccccc2-c2ccccc21. The van der Waals surface area contributed by atoms with E-state index in [9.17, 15) is 14.4 Å². The number of imidazole rings is 1. The molecule has 4 rings (SSSR count). The highest BCUT2D eigenvalue weighted by Gasteiger charge is 2.30. The largest absolute Gasteiger partial charge is 0.481 e. The third kappa shape index (κ3) is 5.25. The summed E-state index contributed by atoms with van der Waals surface area (Å²) >= 11 is 0. The van der Waals surface area contributed by atoms with E-state index in [1.807, 2.05) is 36.4 Å². The number of aromatic nitrogens is 2. The van der Waals surface area contributed by atoms with Gasteiger partial charge in [-0.15, -0.1) is 0 Å². The quantitative estimate of drug-likeness (QED) is 0.386. The van der Waals surface area contributed by atoms with Crippen LogP contribution < -0.4 is 10.6 Å². The summed E-state index contributed by atoms with van der Waals surface area (Å²) in [6.07, 6.45) is 2.22. The van der Waals surface area contributed by atoms with E-state index in [1.165, 1.54) is 6.33 Å². The summed E-state index contributed by atoms with van der Waals surface area (Å²) in [5, 5.41) is 14.2. The Hall–Kier alpha value is -4.14. The van der Waals surface area contributed by atoms with Gasteiger partial charge in [-0.1, -0.05) is 48.5 Å². The predicted octanol–water partition coefficient (Wildman–Crippen LogP) is 2.84. The van der Waals surface area contributed by atoms with E-state index in [0.717, 1.165) is 22.3 Å². The number of aromatic amines is 1. The molecule has 1 unspecified atom stereocenters. The molecule has 2 atom stereocenters. The Kier molecular flexibility index (Phi) is 6.91. The van der Waals surface area contributed by atoms with E-state index in [4.69, 9.17) is 9.84 Å². The molecule has 0 radical (unpaired) electrons. The molecular formula is C25H26N4O5. The van der Waals surface area contributed by atoms with Crippen molar-refractivity contribution >= 4 is 18.0 Å². The van der Waals surface area contributed by atoms with Crippen LogP contribution in [0.25, 0.3) is 11.1 Å². The van der Waals surface area contributed by atoms with Crippen LogP contribution in [0.2, 0.25) is 0 Å². The van der Waals surface area contributed by atoms with E-state index in [2.05, 4.69) is 32.7 Å². The summed E-state index contributed by atoms with van der Waals surface area (Å²) in [6, 6.07) is 14.5. The van der Waals surface area contributed by atoms with Crippen molar-refractivity contribution in [1.29, 1.82) is 0 Å². The van der Waals surface area contributed by atoms with Gasteiger partial charge in [0.1, 0.15) is 12.6 Å². The van der Waals surface area contributed by atoms with Crippen LogP contribution in [-0.2, 0) is 20.7 Å². The highest BCUT2D eigenvalue weighted by atomic mass is 16.5. The summed E-state index contributed by atoms with van der Waals surface area (Å²) in [4.78, 5) is 43.2. The van der Waals surface area contributed by atoms with Gasteiger partial charge < -0.3 is 25.5 Å². The zero-order valence-corrected chi connectivity index (χ0v) is 18.7. The summed E-state index contributed by atoms with van der Waals surface area (Å²) in [5.74, 6) is -1.63. The number of ether oxygens (including phenoxy) is 1. The number of benzene rings is 2. The highest BCUT2D eigenvalue weighted by Crippen LogP contribution is 2.44. The molecule has 0 fully saturated rings. The molecule has 0 aliphatic heterocycles. The monoisotopic (exact) mass is 462 g/mol. The lowest BCUT2D eigenvalue weighted by Crippen LogP contribution is -2.50. The van der Waals surface area contributed by atoms with E-state index < -0.39 is 30.1 Å². The average Bonchev–Trinajstić information content (AvgIpc) is 3.42. The molecule has 0 saturated carbocycles. The van der Waals surface area contributed by atoms with Crippen LogP contribution >= 0.6 is 0 Å². The minimum absolute atomic E-state index is 0.103. The van der Waals surface area contributed by atoms with Crippen molar-refractivity contribution in [2.75, 3.05) is 6.61 Å². The number of aliphatic carboxylic acids is 1. The first kappa shape index (κ1) is 23.0. The molecule has 34 heavy (non-hydrogen) atoms. The molecule has 1 aliphatic carbocycles. The van der Waals surface area contributed by atoms with Gasteiger partial charge in [-0.25, -0.2) is 9.78 Å². The summed E-state index contributed by atoms with van der Waals surface area (Å²) in [5.41, 5.74) is 5.06. The van der Waals surface area contributed by atoms with E-state index in [1.54, 1.807) is 13.1 Å². The van der Waals surface area contributed by atoms with Crippen molar-refractivity contribution in [1.82, 2.24) is 20.6 Å². The number of alkyl carbamates (subject to hydrolysis) is 1.